The van der Waals surface area contributed by atoms with Gasteiger partial charge in [0.15, 0.2) is 0 Å². The van der Waals surface area contributed by atoms with E-state index in [1.165, 1.54) is 0 Å². The van der Waals surface area contributed by atoms with Gasteiger partial charge in [0.25, 0.3) is 0 Å². The van der Waals surface area contributed by atoms with Gasteiger partial charge in [0, 0.05) is 10.8 Å². The maximum atomic E-state index is 9.14. The Hall–Kier alpha value is -1.57. The van der Waals surface area contributed by atoms with Crippen molar-refractivity contribution in [2.75, 3.05) is 0 Å². The maximum absolute atomic E-state index is 9.14. The second-order valence-corrected chi connectivity index (χ2v) is 2.78. The first kappa shape index (κ1) is 10.5. The number of rotatable bonds is 0. The Kier molecular flexibility index (Phi) is 3.92. The topological polar surface area (TPSA) is 24.1 Å². The lowest BCUT2D eigenvalue weighted by atomic mass is 10.1. The SMILES string of the molecule is CC.O[n+]1ccc2c(c1)C=CCC=C2. The Labute approximate surface area is 84.8 Å². The molecule has 1 aliphatic rings. The molecule has 1 heterocycles. The molecule has 1 aliphatic carbocycles. The monoisotopic (exact) mass is 190 g/mol. The van der Waals surface area contributed by atoms with E-state index in [1.807, 2.05) is 26.0 Å². The molecule has 0 fully saturated rings. The molecule has 0 bridgehead atoms. The number of nitrogens with zero attached hydrogens (tertiary/aromatic N) is 1. The number of fused-ring (bicyclic) bond motifs is 1. The number of hydrogen-bond acceptors (Lipinski definition) is 1. The van der Waals surface area contributed by atoms with Crippen LogP contribution in [0.4, 0.5) is 0 Å². The van der Waals surface area contributed by atoms with Crippen molar-refractivity contribution >= 4 is 12.2 Å². The minimum atomic E-state index is 0.958. The lowest BCUT2D eigenvalue weighted by molar-refractivity contribution is -0.904. The highest BCUT2D eigenvalue weighted by molar-refractivity contribution is 5.65. The number of pyridine rings is 1. The molecule has 0 aliphatic heterocycles. The molecule has 0 amide bonds. The second kappa shape index (κ2) is 5.22. The van der Waals surface area contributed by atoms with Gasteiger partial charge in [0.05, 0.1) is 5.56 Å². The molecule has 0 saturated heterocycles. The van der Waals surface area contributed by atoms with E-state index in [0.717, 1.165) is 22.3 Å². The van der Waals surface area contributed by atoms with E-state index in [9.17, 15) is 0 Å². The van der Waals surface area contributed by atoms with Crippen LogP contribution in [0.5, 0.6) is 0 Å². The van der Waals surface area contributed by atoms with Crippen LogP contribution in [0.1, 0.15) is 31.4 Å². The third-order valence-corrected chi connectivity index (χ3v) is 1.88. The summed E-state index contributed by atoms with van der Waals surface area (Å²) in [4.78, 5) is 0. The summed E-state index contributed by atoms with van der Waals surface area (Å²) in [5, 5.41) is 9.14. The molecule has 74 valence electrons. The van der Waals surface area contributed by atoms with Gasteiger partial charge in [0.1, 0.15) is 0 Å². The molecule has 2 nitrogen and oxygen atoms in total. The van der Waals surface area contributed by atoms with Crippen molar-refractivity contribution in [3.63, 3.8) is 0 Å². The first-order valence-corrected chi connectivity index (χ1v) is 4.94. The molecule has 0 unspecified atom stereocenters. The fourth-order valence-electron chi connectivity index (χ4n) is 1.27. The Morgan fingerprint density at radius 3 is 2.50 bits per heavy atom. The molecular weight excluding hydrogens is 174 g/mol. The molecule has 2 rings (SSSR count). The molecule has 14 heavy (non-hydrogen) atoms. The van der Waals surface area contributed by atoms with Crippen LogP contribution < -0.4 is 4.73 Å². The predicted molar refractivity (Wildman–Crippen MR) is 57.9 cm³/mol. The summed E-state index contributed by atoms with van der Waals surface area (Å²) in [6, 6.07) is 1.89. The van der Waals surface area contributed by atoms with Gasteiger partial charge in [-0.15, -0.1) is 0 Å². The first-order valence-electron chi connectivity index (χ1n) is 4.94. The third-order valence-electron chi connectivity index (χ3n) is 1.88. The molecule has 0 spiro atoms. The molecule has 1 aromatic heterocycles. The van der Waals surface area contributed by atoms with Crippen LogP contribution in [0.25, 0.3) is 12.2 Å². The molecule has 1 aromatic rings. The van der Waals surface area contributed by atoms with Gasteiger partial charge >= 0.3 is 0 Å². The van der Waals surface area contributed by atoms with Crippen LogP contribution in [0.15, 0.2) is 30.6 Å². The van der Waals surface area contributed by atoms with E-state index in [2.05, 4.69) is 18.2 Å². The Morgan fingerprint density at radius 2 is 1.79 bits per heavy atom. The summed E-state index contributed by atoms with van der Waals surface area (Å²) in [5.74, 6) is 0. The van der Waals surface area contributed by atoms with Gasteiger partial charge in [-0.3, -0.25) is 5.21 Å². The van der Waals surface area contributed by atoms with Crippen molar-refractivity contribution in [1.82, 2.24) is 0 Å². The lowest BCUT2D eigenvalue weighted by Crippen LogP contribution is -2.28. The molecule has 2 heteroatoms. The van der Waals surface area contributed by atoms with Gasteiger partial charge in [0.2, 0.25) is 12.4 Å². The van der Waals surface area contributed by atoms with E-state index < -0.39 is 0 Å². The van der Waals surface area contributed by atoms with E-state index in [0.29, 0.717) is 0 Å². The summed E-state index contributed by atoms with van der Waals surface area (Å²) >= 11 is 0. The van der Waals surface area contributed by atoms with E-state index in [4.69, 9.17) is 5.21 Å². The van der Waals surface area contributed by atoms with Crippen molar-refractivity contribution in [3.8, 4) is 0 Å². The zero-order chi connectivity index (χ0) is 10.4. The fourth-order valence-corrected chi connectivity index (χ4v) is 1.27. The number of allylic oxidation sites excluding steroid dienone is 2. The molecule has 0 atom stereocenters. The van der Waals surface area contributed by atoms with Crippen LogP contribution in [0, 0.1) is 0 Å². The first-order chi connectivity index (χ1) is 6.86. The smallest absolute Gasteiger partial charge is 0.230 e. The van der Waals surface area contributed by atoms with Crippen LogP contribution >= 0.6 is 0 Å². The van der Waals surface area contributed by atoms with Crippen LogP contribution in [-0.4, -0.2) is 5.21 Å². The summed E-state index contributed by atoms with van der Waals surface area (Å²) < 4.78 is 1.07. The van der Waals surface area contributed by atoms with E-state index in [1.54, 1.807) is 12.4 Å². The lowest BCUT2D eigenvalue weighted by Gasteiger charge is -1.93. The van der Waals surface area contributed by atoms with Crippen LogP contribution in [0.3, 0.4) is 0 Å². The summed E-state index contributed by atoms with van der Waals surface area (Å²) in [7, 11) is 0. The molecule has 0 aromatic carbocycles. The largest absolute Gasteiger partial charge is 0.285 e. The van der Waals surface area contributed by atoms with Crippen LogP contribution in [-0.2, 0) is 0 Å². The van der Waals surface area contributed by atoms with Gasteiger partial charge < -0.3 is 0 Å². The minimum Gasteiger partial charge on any atom is -0.285 e. The Bertz CT molecular complexity index is 353. The molecule has 1 N–H and O–H groups in total. The van der Waals surface area contributed by atoms with E-state index in [-0.39, 0.29) is 0 Å². The van der Waals surface area contributed by atoms with Gasteiger partial charge in [-0.25, -0.2) is 0 Å². The van der Waals surface area contributed by atoms with Crippen molar-refractivity contribution in [2.45, 2.75) is 20.3 Å². The normalized spacial score (nSPS) is 12.4. The minimum absolute atomic E-state index is 0.958. The zero-order valence-corrected chi connectivity index (χ0v) is 8.64. The maximum Gasteiger partial charge on any atom is 0.230 e. The zero-order valence-electron chi connectivity index (χ0n) is 8.64. The summed E-state index contributed by atoms with van der Waals surface area (Å²) in [6.07, 6.45) is 12.5. The number of aromatic nitrogens is 1. The Morgan fingerprint density at radius 1 is 1.14 bits per heavy atom. The van der Waals surface area contributed by atoms with Crippen molar-refractivity contribution in [1.29, 1.82) is 0 Å². The highest BCUT2D eigenvalue weighted by Gasteiger charge is 2.04. The van der Waals surface area contributed by atoms with Crippen molar-refractivity contribution in [3.05, 3.63) is 41.7 Å². The summed E-state index contributed by atoms with van der Waals surface area (Å²) in [6.45, 7) is 4.00. The standard InChI is InChI=1S/C10H10NO.C2H6/c12-11-7-6-9-4-2-1-3-5-10(9)8-11;1-2/h2-8,12H,1H2;1-2H3/q+1;. The van der Waals surface area contributed by atoms with Crippen molar-refractivity contribution < 1.29 is 9.94 Å². The number of hydrogen-bond donors (Lipinski definition) is 1. The molecule has 0 radical (unpaired) electrons. The highest BCUT2D eigenvalue weighted by atomic mass is 16.5. The van der Waals surface area contributed by atoms with Gasteiger partial charge in [-0.05, 0) is 12.0 Å². The Balaban J connectivity index is 0.000000461. The second-order valence-electron chi connectivity index (χ2n) is 2.78. The predicted octanol–water partition coefficient (Wildman–Crippen LogP) is 2.67. The van der Waals surface area contributed by atoms with Crippen LogP contribution in [0.2, 0.25) is 0 Å². The quantitative estimate of drug-likeness (QED) is 0.493. The summed E-state index contributed by atoms with van der Waals surface area (Å²) in [5.41, 5.74) is 2.20. The van der Waals surface area contributed by atoms with E-state index >= 15 is 0 Å². The molecular formula is C12H16NO+. The van der Waals surface area contributed by atoms with Crippen molar-refractivity contribution in [2.24, 2.45) is 0 Å². The van der Waals surface area contributed by atoms with Gasteiger partial charge in [-0.2, -0.15) is 0 Å². The fraction of sp³-hybridized carbons (Fsp3) is 0.250. The highest BCUT2D eigenvalue weighted by Crippen LogP contribution is 2.14. The van der Waals surface area contributed by atoms with Gasteiger partial charge in [-0.1, -0.05) is 38.2 Å². The average molecular weight is 190 g/mol. The third kappa shape index (κ3) is 2.46. The average Bonchev–Trinajstić information content (AvgIpc) is 2.45. The molecule has 0 saturated carbocycles.